The Kier molecular flexibility index (Phi) is 4.48. The van der Waals surface area contributed by atoms with E-state index in [1.165, 1.54) is 25.7 Å². The van der Waals surface area contributed by atoms with E-state index in [1.54, 1.807) is 11.6 Å². The number of nitrogens with zero attached hydrogens (tertiary/aromatic N) is 2. The topological polar surface area (TPSA) is 66.9 Å². The van der Waals surface area contributed by atoms with E-state index in [4.69, 9.17) is 0 Å². The standard InChI is InChI=1S/C16H22N4O/c21-16(13-6-7-13)18-15-9-8-14(19-20-15)17-11-10-12-4-2-1-3-5-12/h4,8-9,13H,1-3,5-7,10-11H2,(H,17,19)(H,18,20,21). The fourth-order valence-electron chi connectivity index (χ4n) is 2.55. The molecule has 1 aromatic rings. The molecule has 2 aliphatic carbocycles. The Labute approximate surface area is 125 Å². The Hall–Kier alpha value is -1.91. The van der Waals surface area contributed by atoms with Crippen molar-refractivity contribution in [3.8, 4) is 0 Å². The minimum Gasteiger partial charge on any atom is -0.368 e. The molecule has 5 heteroatoms. The van der Waals surface area contributed by atoms with Crippen LogP contribution in [0.1, 0.15) is 44.9 Å². The molecule has 3 rings (SSSR count). The van der Waals surface area contributed by atoms with E-state index < -0.39 is 0 Å². The Morgan fingerprint density at radius 2 is 2.00 bits per heavy atom. The van der Waals surface area contributed by atoms with E-state index in [2.05, 4.69) is 26.9 Å². The summed E-state index contributed by atoms with van der Waals surface area (Å²) >= 11 is 0. The molecular weight excluding hydrogens is 264 g/mol. The zero-order chi connectivity index (χ0) is 14.5. The average molecular weight is 286 g/mol. The zero-order valence-corrected chi connectivity index (χ0v) is 12.3. The Balaban J connectivity index is 1.43. The van der Waals surface area contributed by atoms with Gasteiger partial charge in [-0.2, -0.15) is 0 Å². The second kappa shape index (κ2) is 6.70. The van der Waals surface area contributed by atoms with Crippen LogP contribution in [-0.4, -0.2) is 22.6 Å². The first-order valence-electron chi connectivity index (χ1n) is 7.87. The molecule has 0 bridgehead atoms. The predicted octanol–water partition coefficient (Wildman–Crippen LogP) is 3.13. The molecule has 0 saturated heterocycles. The van der Waals surface area contributed by atoms with Crippen molar-refractivity contribution >= 4 is 17.5 Å². The van der Waals surface area contributed by atoms with Gasteiger partial charge in [-0.1, -0.05) is 11.6 Å². The molecule has 1 amide bonds. The Morgan fingerprint density at radius 3 is 2.67 bits per heavy atom. The fourth-order valence-corrected chi connectivity index (χ4v) is 2.55. The molecule has 5 nitrogen and oxygen atoms in total. The highest BCUT2D eigenvalue weighted by Gasteiger charge is 2.29. The molecule has 1 heterocycles. The molecule has 0 atom stereocenters. The van der Waals surface area contributed by atoms with E-state index in [1.807, 2.05) is 6.07 Å². The van der Waals surface area contributed by atoms with Gasteiger partial charge >= 0.3 is 0 Å². The molecule has 2 N–H and O–H groups in total. The summed E-state index contributed by atoms with van der Waals surface area (Å²) in [4.78, 5) is 11.6. The van der Waals surface area contributed by atoms with Gasteiger partial charge < -0.3 is 10.6 Å². The SMILES string of the molecule is O=C(Nc1ccc(NCCC2=CCCCC2)nn1)C1CC1. The monoisotopic (exact) mass is 286 g/mol. The lowest BCUT2D eigenvalue weighted by Crippen LogP contribution is -2.15. The average Bonchev–Trinajstić information content (AvgIpc) is 3.35. The number of anilines is 2. The van der Waals surface area contributed by atoms with Crippen molar-refractivity contribution in [3.05, 3.63) is 23.8 Å². The van der Waals surface area contributed by atoms with Crippen molar-refractivity contribution in [2.75, 3.05) is 17.2 Å². The first kappa shape index (κ1) is 14.0. The van der Waals surface area contributed by atoms with E-state index in [-0.39, 0.29) is 11.8 Å². The van der Waals surface area contributed by atoms with Gasteiger partial charge in [-0.3, -0.25) is 4.79 Å². The molecule has 0 unspecified atom stereocenters. The second-order valence-corrected chi connectivity index (χ2v) is 5.85. The van der Waals surface area contributed by atoms with E-state index in [0.717, 1.165) is 31.6 Å². The summed E-state index contributed by atoms with van der Waals surface area (Å²) < 4.78 is 0. The van der Waals surface area contributed by atoms with Crippen LogP contribution in [0.4, 0.5) is 11.6 Å². The molecule has 0 aromatic carbocycles. The second-order valence-electron chi connectivity index (χ2n) is 5.85. The minimum atomic E-state index is 0.0641. The largest absolute Gasteiger partial charge is 0.368 e. The quantitative estimate of drug-likeness (QED) is 0.788. The van der Waals surface area contributed by atoms with Gasteiger partial charge in [-0.15, -0.1) is 10.2 Å². The van der Waals surface area contributed by atoms with Crippen LogP contribution < -0.4 is 10.6 Å². The fraction of sp³-hybridized carbons (Fsp3) is 0.562. The third kappa shape index (κ3) is 4.28. The van der Waals surface area contributed by atoms with Crippen molar-refractivity contribution in [2.24, 2.45) is 5.92 Å². The van der Waals surface area contributed by atoms with E-state index in [0.29, 0.717) is 5.82 Å². The third-order valence-corrected chi connectivity index (χ3v) is 4.00. The number of amides is 1. The first-order chi connectivity index (χ1) is 10.3. The summed E-state index contributed by atoms with van der Waals surface area (Å²) in [6.07, 6.45) is 10.5. The first-order valence-corrected chi connectivity index (χ1v) is 7.87. The maximum absolute atomic E-state index is 11.6. The summed E-state index contributed by atoms with van der Waals surface area (Å²) in [7, 11) is 0. The number of allylic oxidation sites excluding steroid dienone is 1. The number of hydrogen-bond donors (Lipinski definition) is 2. The van der Waals surface area contributed by atoms with Crippen molar-refractivity contribution in [2.45, 2.75) is 44.9 Å². The maximum atomic E-state index is 11.6. The van der Waals surface area contributed by atoms with Gasteiger partial charge in [0.25, 0.3) is 0 Å². The summed E-state index contributed by atoms with van der Waals surface area (Å²) in [6, 6.07) is 3.67. The minimum absolute atomic E-state index is 0.0641. The lowest BCUT2D eigenvalue weighted by Gasteiger charge is -2.13. The van der Waals surface area contributed by atoms with Gasteiger partial charge in [0.05, 0.1) is 0 Å². The van der Waals surface area contributed by atoms with Gasteiger partial charge in [0.1, 0.15) is 5.82 Å². The Bertz CT molecular complexity index is 520. The summed E-state index contributed by atoms with van der Waals surface area (Å²) in [6.45, 7) is 0.883. The summed E-state index contributed by atoms with van der Waals surface area (Å²) in [5.41, 5.74) is 1.55. The van der Waals surface area contributed by atoms with Gasteiger partial charge in [0, 0.05) is 12.5 Å². The zero-order valence-electron chi connectivity index (χ0n) is 12.3. The molecule has 1 aromatic heterocycles. The van der Waals surface area contributed by atoms with Crippen LogP contribution in [0, 0.1) is 5.92 Å². The Morgan fingerprint density at radius 1 is 1.19 bits per heavy atom. The van der Waals surface area contributed by atoms with Crippen molar-refractivity contribution in [3.63, 3.8) is 0 Å². The predicted molar refractivity (Wildman–Crippen MR) is 83.0 cm³/mol. The molecule has 0 aliphatic heterocycles. The highest BCUT2D eigenvalue weighted by atomic mass is 16.2. The third-order valence-electron chi connectivity index (χ3n) is 4.00. The lowest BCUT2D eigenvalue weighted by molar-refractivity contribution is -0.117. The van der Waals surface area contributed by atoms with Crippen LogP contribution in [0.25, 0.3) is 0 Å². The number of carbonyl (C=O) groups excluding carboxylic acids is 1. The number of aromatic nitrogens is 2. The van der Waals surface area contributed by atoms with Crippen LogP contribution in [-0.2, 0) is 4.79 Å². The molecule has 0 spiro atoms. The normalized spacial score (nSPS) is 18.0. The summed E-state index contributed by atoms with van der Waals surface area (Å²) in [5, 5.41) is 14.2. The van der Waals surface area contributed by atoms with Crippen molar-refractivity contribution in [1.29, 1.82) is 0 Å². The molecule has 1 saturated carbocycles. The molecule has 0 radical (unpaired) electrons. The number of carbonyl (C=O) groups is 1. The van der Waals surface area contributed by atoms with E-state index >= 15 is 0 Å². The molecule has 21 heavy (non-hydrogen) atoms. The highest BCUT2D eigenvalue weighted by Crippen LogP contribution is 2.29. The van der Waals surface area contributed by atoms with Crippen LogP contribution >= 0.6 is 0 Å². The van der Waals surface area contributed by atoms with Crippen LogP contribution in [0.2, 0.25) is 0 Å². The smallest absolute Gasteiger partial charge is 0.228 e. The highest BCUT2D eigenvalue weighted by molar-refractivity contribution is 5.93. The van der Waals surface area contributed by atoms with Crippen LogP contribution in [0.3, 0.4) is 0 Å². The van der Waals surface area contributed by atoms with E-state index in [9.17, 15) is 4.79 Å². The molecule has 1 fully saturated rings. The van der Waals surface area contributed by atoms with Gasteiger partial charge in [0.2, 0.25) is 5.91 Å². The molecular formula is C16H22N4O. The van der Waals surface area contributed by atoms with Gasteiger partial charge in [-0.25, -0.2) is 0 Å². The number of nitrogens with one attached hydrogen (secondary N) is 2. The lowest BCUT2D eigenvalue weighted by atomic mass is 9.97. The summed E-state index contributed by atoms with van der Waals surface area (Å²) in [5.74, 6) is 1.55. The van der Waals surface area contributed by atoms with Crippen molar-refractivity contribution < 1.29 is 4.79 Å². The van der Waals surface area contributed by atoms with Crippen LogP contribution in [0.5, 0.6) is 0 Å². The van der Waals surface area contributed by atoms with Crippen molar-refractivity contribution in [1.82, 2.24) is 10.2 Å². The van der Waals surface area contributed by atoms with Crippen LogP contribution in [0.15, 0.2) is 23.8 Å². The number of hydrogen-bond acceptors (Lipinski definition) is 4. The number of rotatable bonds is 6. The van der Waals surface area contributed by atoms with Gasteiger partial charge in [-0.05, 0) is 57.1 Å². The van der Waals surface area contributed by atoms with Gasteiger partial charge in [0.15, 0.2) is 5.82 Å². The maximum Gasteiger partial charge on any atom is 0.228 e. The molecule has 112 valence electrons. The molecule has 2 aliphatic rings.